The summed E-state index contributed by atoms with van der Waals surface area (Å²) in [6, 6.07) is -0.512. The summed E-state index contributed by atoms with van der Waals surface area (Å²) < 4.78 is 0. The average Bonchev–Trinajstić information content (AvgIpc) is 1.99. The minimum absolute atomic E-state index is 0.475. The number of rotatable bonds is 5. The van der Waals surface area contributed by atoms with E-state index in [2.05, 4.69) is 5.32 Å². The van der Waals surface area contributed by atoms with Gasteiger partial charge in [0.25, 0.3) is 0 Å². The van der Waals surface area contributed by atoms with Crippen molar-refractivity contribution >= 4 is 11.8 Å². The molecule has 0 aromatic carbocycles. The van der Waals surface area contributed by atoms with Crippen LogP contribution < -0.4 is 16.8 Å². The maximum Gasteiger partial charge on any atom is 0.237 e. The Labute approximate surface area is 77.8 Å². The van der Waals surface area contributed by atoms with Gasteiger partial charge in [0, 0.05) is 0 Å². The first-order chi connectivity index (χ1) is 5.81. The van der Waals surface area contributed by atoms with E-state index in [1.165, 1.54) is 0 Å². The Hall–Kier alpha value is -1.10. The lowest BCUT2D eigenvalue weighted by Gasteiger charge is -2.26. The molecule has 0 aliphatic heterocycles. The van der Waals surface area contributed by atoms with E-state index < -0.39 is 23.4 Å². The van der Waals surface area contributed by atoms with E-state index in [4.69, 9.17) is 11.5 Å². The van der Waals surface area contributed by atoms with Crippen LogP contribution in [0.1, 0.15) is 27.2 Å². The van der Waals surface area contributed by atoms with Crippen molar-refractivity contribution in [2.75, 3.05) is 0 Å². The van der Waals surface area contributed by atoms with E-state index in [1.54, 1.807) is 20.8 Å². The van der Waals surface area contributed by atoms with Crippen LogP contribution in [0.25, 0.3) is 0 Å². The first-order valence-corrected chi connectivity index (χ1v) is 4.18. The largest absolute Gasteiger partial charge is 0.368 e. The van der Waals surface area contributed by atoms with E-state index in [0.717, 1.165) is 0 Å². The highest BCUT2D eigenvalue weighted by atomic mass is 16.2. The molecule has 0 rings (SSSR count). The third-order valence-corrected chi connectivity index (χ3v) is 1.90. The van der Waals surface area contributed by atoms with Gasteiger partial charge in [0.15, 0.2) is 0 Å². The van der Waals surface area contributed by atoms with Crippen LogP contribution in [0.2, 0.25) is 0 Å². The first kappa shape index (κ1) is 11.9. The van der Waals surface area contributed by atoms with Gasteiger partial charge in [0.05, 0.1) is 11.6 Å². The summed E-state index contributed by atoms with van der Waals surface area (Å²) in [5.41, 5.74) is 9.31. The Morgan fingerprint density at radius 1 is 1.38 bits per heavy atom. The second-order valence-corrected chi connectivity index (χ2v) is 3.50. The number of nitrogens with one attached hydrogen (secondary N) is 1. The smallest absolute Gasteiger partial charge is 0.237 e. The van der Waals surface area contributed by atoms with Gasteiger partial charge in [-0.15, -0.1) is 0 Å². The second kappa shape index (κ2) is 4.23. The Balaban J connectivity index is 4.39. The van der Waals surface area contributed by atoms with Crippen LogP contribution >= 0.6 is 0 Å². The van der Waals surface area contributed by atoms with Crippen LogP contribution in [-0.2, 0) is 9.59 Å². The summed E-state index contributed by atoms with van der Waals surface area (Å²) in [5, 5.41) is 2.79. The van der Waals surface area contributed by atoms with Crippen molar-refractivity contribution in [1.29, 1.82) is 0 Å². The van der Waals surface area contributed by atoms with Gasteiger partial charge in [-0.2, -0.15) is 0 Å². The molecule has 0 spiro atoms. The topological polar surface area (TPSA) is 98.2 Å². The molecule has 5 heteroatoms. The minimum Gasteiger partial charge on any atom is -0.368 e. The van der Waals surface area contributed by atoms with Gasteiger partial charge in [0.2, 0.25) is 11.8 Å². The summed E-state index contributed by atoms with van der Waals surface area (Å²) in [7, 11) is 0. The lowest BCUT2D eigenvalue weighted by molar-refractivity contribution is -0.125. The number of hydrogen-bond acceptors (Lipinski definition) is 3. The van der Waals surface area contributed by atoms with Crippen LogP contribution in [0.5, 0.6) is 0 Å². The van der Waals surface area contributed by atoms with Crippen molar-refractivity contribution in [3.05, 3.63) is 0 Å². The maximum absolute atomic E-state index is 10.9. The fraction of sp³-hybridized carbons (Fsp3) is 0.750. The van der Waals surface area contributed by atoms with Crippen molar-refractivity contribution in [3.63, 3.8) is 0 Å². The molecular weight excluding hydrogens is 170 g/mol. The lowest BCUT2D eigenvalue weighted by atomic mass is 10.0. The van der Waals surface area contributed by atoms with Crippen LogP contribution in [0.15, 0.2) is 0 Å². The predicted molar refractivity (Wildman–Crippen MR) is 49.7 cm³/mol. The van der Waals surface area contributed by atoms with Gasteiger partial charge in [-0.3, -0.25) is 14.9 Å². The number of primary amides is 2. The molecule has 5 N–H and O–H groups in total. The summed E-state index contributed by atoms with van der Waals surface area (Å²) in [6.07, 6.45) is 0.534. The van der Waals surface area contributed by atoms with Gasteiger partial charge in [-0.1, -0.05) is 6.92 Å². The summed E-state index contributed by atoms with van der Waals surface area (Å²) >= 11 is 0. The molecule has 0 saturated carbocycles. The molecular formula is C8H17N3O2. The van der Waals surface area contributed by atoms with Crippen LogP contribution in [0.3, 0.4) is 0 Å². The maximum atomic E-state index is 10.9. The van der Waals surface area contributed by atoms with Gasteiger partial charge in [0.1, 0.15) is 0 Å². The lowest BCUT2D eigenvalue weighted by Crippen LogP contribution is -2.57. The first-order valence-electron chi connectivity index (χ1n) is 4.18. The molecule has 1 unspecified atom stereocenters. The van der Waals surface area contributed by atoms with E-state index in [-0.39, 0.29) is 0 Å². The third kappa shape index (κ3) is 3.42. The fourth-order valence-electron chi connectivity index (χ4n) is 0.881. The van der Waals surface area contributed by atoms with Crippen molar-refractivity contribution in [3.8, 4) is 0 Å². The van der Waals surface area contributed by atoms with Crippen LogP contribution in [-0.4, -0.2) is 23.4 Å². The highest BCUT2D eigenvalue weighted by Crippen LogP contribution is 2.04. The normalized spacial score (nSPS) is 13.8. The standard InChI is InChI=1S/C8H17N3O2/c1-4-5(6(9)12)11-8(2,3)7(10)13/h5,11H,4H2,1-3H3,(H2,9,12)(H2,10,13). The van der Waals surface area contributed by atoms with Gasteiger partial charge < -0.3 is 11.5 Å². The molecule has 13 heavy (non-hydrogen) atoms. The third-order valence-electron chi connectivity index (χ3n) is 1.90. The zero-order valence-electron chi connectivity index (χ0n) is 8.26. The molecule has 0 aromatic heterocycles. The summed E-state index contributed by atoms with van der Waals surface area (Å²) in [6.45, 7) is 5.03. The highest BCUT2D eigenvalue weighted by Gasteiger charge is 2.29. The fourth-order valence-corrected chi connectivity index (χ4v) is 0.881. The molecule has 0 aliphatic rings. The molecule has 0 bridgehead atoms. The van der Waals surface area contributed by atoms with E-state index in [9.17, 15) is 9.59 Å². The van der Waals surface area contributed by atoms with Crippen molar-refractivity contribution in [1.82, 2.24) is 5.32 Å². The van der Waals surface area contributed by atoms with Gasteiger partial charge >= 0.3 is 0 Å². The number of carbonyl (C=O) groups excluding carboxylic acids is 2. The molecule has 1 atom stereocenters. The van der Waals surface area contributed by atoms with Crippen LogP contribution in [0, 0.1) is 0 Å². The van der Waals surface area contributed by atoms with Crippen molar-refractivity contribution < 1.29 is 9.59 Å². The van der Waals surface area contributed by atoms with Crippen molar-refractivity contribution in [2.45, 2.75) is 38.8 Å². The van der Waals surface area contributed by atoms with E-state index in [0.29, 0.717) is 6.42 Å². The molecule has 2 amide bonds. The van der Waals surface area contributed by atoms with E-state index >= 15 is 0 Å². The SMILES string of the molecule is CCC(NC(C)(C)C(N)=O)C(N)=O. The highest BCUT2D eigenvalue weighted by molar-refractivity contribution is 5.86. The Kier molecular flexibility index (Phi) is 3.87. The number of carbonyl (C=O) groups is 2. The number of hydrogen-bond donors (Lipinski definition) is 3. The zero-order chi connectivity index (χ0) is 10.6. The molecule has 0 aromatic rings. The molecule has 0 saturated heterocycles. The average molecular weight is 187 g/mol. The molecule has 0 fully saturated rings. The zero-order valence-corrected chi connectivity index (χ0v) is 8.26. The molecule has 0 heterocycles. The Morgan fingerprint density at radius 2 is 1.85 bits per heavy atom. The summed E-state index contributed by atoms with van der Waals surface area (Å²) in [4.78, 5) is 21.7. The molecule has 0 aliphatic carbocycles. The monoisotopic (exact) mass is 187 g/mol. The van der Waals surface area contributed by atoms with E-state index in [1.807, 2.05) is 0 Å². The van der Waals surface area contributed by atoms with Crippen molar-refractivity contribution in [2.24, 2.45) is 11.5 Å². The Bertz CT molecular complexity index is 213. The molecule has 5 nitrogen and oxygen atoms in total. The summed E-state index contributed by atoms with van der Waals surface area (Å²) in [5.74, 6) is -0.982. The molecule has 0 radical (unpaired) electrons. The van der Waals surface area contributed by atoms with Crippen LogP contribution in [0.4, 0.5) is 0 Å². The van der Waals surface area contributed by atoms with Gasteiger partial charge in [-0.25, -0.2) is 0 Å². The predicted octanol–water partition coefficient (Wildman–Crippen LogP) is -0.896. The quantitative estimate of drug-likeness (QED) is 0.520. The number of amides is 2. The minimum atomic E-state index is -0.907. The Morgan fingerprint density at radius 3 is 2.08 bits per heavy atom. The van der Waals surface area contributed by atoms with Gasteiger partial charge in [-0.05, 0) is 20.3 Å². The number of nitrogens with two attached hydrogens (primary N) is 2. The molecule has 76 valence electrons. The second-order valence-electron chi connectivity index (χ2n) is 3.50.